The second-order valence-electron chi connectivity index (χ2n) is 2.71. The molecule has 0 aromatic heterocycles. The number of rotatable bonds is 1. The number of nitrogens with one attached hydrogen (secondary N) is 1. The summed E-state index contributed by atoms with van der Waals surface area (Å²) in [6, 6.07) is 9.52. The van der Waals surface area contributed by atoms with Gasteiger partial charge in [0.05, 0.1) is 6.61 Å². The van der Waals surface area contributed by atoms with Crippen LogP contribution in [0.1, 0.15) is 5.56 Å². The normalized spacial score (nSPS) is 14.2. The van der Waals surface area contributed by atoms with Crippen molar-refractivity contribution in [1.82, 2.24) is 5.32 Å². The highest BCUT2D eigenvalue weighted by Crippen LogP contribution is 2.04. The van der Waals surface area contributed by atoms with Gasteiger partial charge in [-0.2, -0.15) is 0 Å². The molecule has 1 aliphatic rings. The van der Waals surface area contributed by atoms with Crippen LogP contribution in [0, 0.1) is 0 Å². The van der Waals surface area contributed by atoms with E-state index in [4.69, 9.17) is 5.11 Å². The van der Waals surface area contributed by atoms with Gasteiger partial charge in [-0.05, 0) is 5.56 Å². The van der Waals surface area contributed by atoms with Gasteiger partial charge in [-0.15, -0.1) is 0 Å². The zero-order valence-electron chi connectivity index (χ0n) is 7.77. The maximum atomic E-state index is 10.1. The molecule has 1 aliphatic heterocycles. The molecule has 0 atom stereocenters. The molecular weight excluding hydrogens is 198 g/mol. The summed E-state index contributed by atoms with van der Waals surface area (Å²) in [5.74, 6) is 0.943. The zero-order valence-corrected chi connectivity index (χ0v) is 8.59. The average Bonchev–Trinajstić information content (AvgIpc) is 2.71. The molecule has 1 amide bonds. The second-order valence-corrected chi connectivity index (χ2v) is 3.77. The summed E-state index contributed by atoms with van der Waals surface area (Å²) in [7, 11) is 0. The van der Waals surface area contributed by atoms with Gasteiger partial charge in [-0.25, -0.2) is 0 Å². The van der Waals surface area contributed by atoms with E-state index in [1.165, 1.54) is 11.8 Å². The van der Waals surface area contributed by atoms with Gasteiger partial charge >= 0.3 is 0 Å². The van der Waals surface area contributed by atoms with E-state index in [-0.39, 0.29) is 11.8 Å². The Morgan fingerprint density at radius 2 is 2.07 bits per heavy atom. The number of thioether (sulfide) groups is 1. The number of hydrogen-bond donors (Lipinski definition) is 2. The van der Waals surface area contributed by atoms with Crippen molar-refractivity contribution in [2.24, 2.45) is 0 Å². The van der Waals surface area contributed by atoms with Gasteiger partial charge < -0.3 is 10.4 Å². The lowest BCUT2D eigenvalue weighted by molar-refractivity contribution is 0.262. The number of carbonyl (C=O) groups excluding carboxylic acids is 1. The molecule has 4 heteroatoms. The lowest BCUT2D eigenvalue weighted by Gasteiger charge is -1.89. The predicted molar refractivity (Wildman–Crippen MR) is 58.2 cm³/mol. The first-order valence-corrected chi connectivity index (χ1v) is 5.37. The Kier molecular flexibility index (Phi) is 5.11. The SMILES string of the molecule is O=C1NCCS1.OCc1ccccc1. The fourth-order valence-corrected chi connectivity index (χ4v) is 1.52. The molecule has 1 fully saturated rings. The van der Waals surface area contributed by atoms with Crippen LogP contribution in [-0.2, 0) is 6.61 Å². The van der Waals surface area contributed by atoms with E-state index >= 15 is 0 Å². The first-order chi connectivity index (χ1) is 6.83. The van der Waals surface area contributed by atoms with Crippen molar-refractivity contribution in [3.05, 3.63) is 35.9 Å². The maximum absolute atomic E-state index is 10.1. The van der Waals surface area contributed by atoms with Gasteiger partial charge in [0.25, 0.3) is 5.24 Å². The molecule has 0 radical (unpaired) electrons. The topological polar surface area (TPSA) is 49.3 Å². The van der Waals surface area contributed by atoms with Gasteiger partial charge in [0, 0.05) is 12.3 Å². The monoisotopic (exact) mass is 211 g/mol. The summed E-state index contributed by atoms with van der Waals surface area (Å²) < 4.78 is 0. The van der Waals surface area contributed by atoms with Crippen LogP contribution in [0.5, 0.6) is 0 Å². The number of carbonyl (C=O) groups is 1. The first kappa shape index (κ1) is 11.1. The molecule has 0 spiro atoms. The van der Waals surface area contributed by atoms with E-state index in [0.717, 1.165) is 17.9 Å². The minimum absolute atomic E-state index is 0.120. The Bertz CT molecular complexity index is 269. The highest BCUT2D eigenvalue weighted by atomic mass is 32.2. The molecule has 14 heavy (non-hydrogen) atoms. The number of benzene rings is 1. The van der Waals surface area contributed by atoms with Crippen LogP contribution in [-0.4, -0.2) is 22.6 Å². The number of hydrogen-bond acceptors (Lipinski definition) is 3. The minimum Gasteiger partial charge on any atom is -0.392 e. The minimum atomic E-state index is 0.120. The van der Waals surface area contributed by atoms with Crippen LogP contribution in [0.25, 0.3) is 0 Å². The number of aliphatic hydroxyl groups excluding tert-OH is 1. The van der Waals surface area contributed by atoms with E-state index in [2.05, 4.69) is 5.32 Å². The number of amides is 1. The smallest absolute Gasteiger partial charge is 0.279 e. The number of aliphatic hydroxyl groups is 1. The summed E-state index contributed by atoms with van der Waals surface area (Å²) in [4.78, 5) is 10.1. The van der Waals surface area contributed by atoms with Crippen molar-refractivity contribution in [3.8, 4) is 0 Å². The van der Waals surface area contributed by atoms with Crippen molar-refractivity contribution in [3.63, 3.8) is 0 Å². The predicted octanol–water partition coefficient (Wildman–Crippen LogP) is 1.62. The van der Waals surface area contributed by atoms with Crippen molar-refractivity contribution >= 4 is 17.0 Å². The van der Waals surface area contributed by atoms with Crippen molar-refractivity contribution in [1.29, 1.82) is 0 Å². The highest BCUT2D eigenvalue weighted by molar-refractivity contribution is 8.13. The highest BCUT2D eigenvalue weighted by Gasteiger charge is 2.06. The second kappa shape index (κ2) is 6.45. The van der Waals surface area contributed by atoms with E-state index < -0.39 is 0 Å². The molecular formula is C10H13NO2S. The molecule has 2 N–H and O–H groups in total. The van der Waals surface area contributed by atoms with Gasteiger partial charge in [0.2, 0.25) is 0 Å². The van der Waals surface area contributed by atoms with Crippen molar-refractivity contribution < 1.29 is 9.90 Å². The molecule has 76 valence electrons. The lowest BCUT2D eigenvalue weighted by atomic mass is 10.2. The summed E-state index contributed by atoms with van der Waals surface area (Å²) in [5.41, 5.74) is 0.965. The average molecular weight is 211 g/mol. The molecule has 1 aromatic carbocycles. The Morgan fingerprint density at radius 1 is 1.36 bits per heavy atom. The van der Waals surface area contributed by atoms with E-state index in [0.29, 0.717) is 0 Å². The van der Waals surface area contributed by atoms with Gasteiger partial charge in [-0.1, -0.05) is 42.1 Å². The summed E-state index contributed by atoms with van der Waals surface area (Å²) in [6.07, 6.45) is 0. The zero-order chi connectivity index (χ0) is 10.2. The van der Waals surface area contributed by atoms with Crippen LogP contribution < -0.4 is 5.32 Å². The summed E-state index contributed by atoms with van der Waals surface area (Å²) in [6.45, 7) is 0.990. The van der Waals surface area contributed by atoms with E-state index in [9.17, 15) is 4.79 Å². The quantitative estimate of drug-likeness (QED) is 0.742. The maximum Gasteiger partial charge on any atom is 0.279 e. The Hall–Kier alpha value is -1.00. The molecule has 3 nitrogen and oxygen atoms in total. The molecule has 2 rings (SSSR count). The van der Waals surface area contributed by atoms with Crippen LogP contribution in [0.4, 0.5) is 4.79 Å². The lowest BCUT2D eigenvalue weighted by Crippen LogP contribution is -2.10. The molecule has 0 unspecified atom stereocenters. The van der Waals surface area contributed by atoms with Crippen LogP contribution >= 0.6 is 11.8 Å². The van der Waals surface area contributed by atoms with E-state index in [1.807, 2.05) is 30.3 Å². The van der Waals surface area contributed by atoms with Crippen molar-refractivity contribution in [2.75, 3.05) is 12.3 Å². The first-order valence-electron chi connectivity index (χ1n) is 4.38. The van der Waals surface area contributed by atoms with E-state index in [1.54, 1.807) is 0 Å². The van der Waals surface area contributed by atoms with Gasteiger partial charge in [-0.3, -0.25) is 4.79 Å². The fourth-order valence-electron chi connectivity index (χ4n) is 0.931. The molecule has 0 saturated carbocycles. The molecule has 1 aromatic rings. The third kappa shape index (κ3) is 4.30. The van der Waals surface area contributed by atoms with Crippen molar-refractivity contribution in [2.45, 2.75) is 6.61 Å². The molecule has 0 bridgehead atoms. The summed E-state index contributed by atoms with van der Waals surface area (Å²) in [5, 5.41) is 11.3. The van der Waals surface area contributed by atoms with Crippen LogP contribution in [0.3, 0.4) is 0 Å². The Balaban J connectivity index is 0.000000146. The third-order valence-electron chi connectivity index (χ3n) is 1.63. The van der Waals surface area contributed by atoms with Gasteiger partial charge in [0.1, 0.15) is 0 Å². The Morgan fingerprint density at radius 3 is 2.36 bits per heavy atom. The fraction of sp³-hybridized carbons (Fsp3) is 0.300. The third-order valence-corrected chi connectivity index (χ3v) is 2.44. The molecule has 0 aliphatic carbocycles. The van der Waals surface area contributed by atoms with Crippen LogP contribution in [0.2, 0.25) is 0 Å². The van der Waals surface area contributed by atoms with Crippen LogP contribution in [0.15, 0.2) is 30.3 Å². The largest absolute Gasteiger partial charge is 0.392 e. The standard InChI is InChI=1S/C7H8O.C3H5NOS/c8-6-7-4-2-1-3-5-7;5-3-4-1-2-6-3/h1-5,8H,6H2;1-2H2,(H,4,5). The molecule has 1 saturated heterocycles. The Labute approximate surface area is 87.5 Å². The molecule has 1 heterocycles. The summed E-state index contributed by atoms with van der Waals surface area (Å²) >= 11 is 1.35. The van der Waals surface area contributed by atoms with Gasteiger partial charge in [0.15, 0.2) is 0 Å².